The fraction of sp³-hybridized carbons (Fsp3) is 0.188. The maximum absolute atomic E-state index is 11.5. The molecule has 0 saturated heterocycles. The Labute approximate surface area is 120 Å². The Balaban J connectivity index is 2.24. The maximum atomic E-state index is 11.5. The molecule has 98 valence electrons. The zero-order valence-corrected chi connectivity index (χ0v) is 12.9. The number of carbonyl (C=O) groups is 1. The van der Waals surface area contributed by atoms with Crippen LogP contribution < -0.4 is 4.35 Å². The van der Waals surface area contributed by atoms with Crippen LogP contribution in [-0.2, 0) is 11.2 Å². The van der Waals surface area contributed by atoms with Crippen LogP contribution in [0.1, 0.15) is 22.8 Å². The van der Waals surface area contributed by atoms with Crippen molar-refractivity contribution in [3.63, 3.8) is 0 Å². The Morgan fingerprint density at radius 3 is 2.53 bits per heavy atom. The average Bonchev–Trinajstić information content (AvgIpc) is 2.45. The van der Waals surface area contributed by atoms with Gasteiger partial charge in [0.05, 0.1) is 0 Å². The van der Waals surface area contributed by atoms with E-state index in [9.17, 15) is 9.90 Å². The number of aryl methyl sites for hydroxylation is 1. The molecule has 0 radical (unpaired) electrons. The summed E-state index contributed by atoms with van der Waals surface area (Å²) in [7, 11) is 0. The topological polar surface area (TPSA) is 37.3 Å². The number of hydrogen-bond acceptors (Lipinski definition) is 1. The molecule has 3 heteroatoms. The van der Waals surface area contributed by atoms with E-state index in [1.54, 1.807) is 0 Å². The Hall–Kier alpha value is -1.53. The van der Waals surface area contributed by atoms with Gasteiger partial charge in [-0.05, 0) is 0 Å². The first-order valence-electron chi connectivity index (χ1n) is 6.34. The van der Waals surface area contributed by atoms with Gasteiger partial charge < -0.3 is 0 Å². The molecule has 19 heavy (non-hydrogen) atoms. The van der Waals surface area contributed by atoms with Crippen molar-refractivity contribution in [3.8, 4) is 0 Å². The average molecular weight is 316 g/mol. The first-order chi connectivity index (χ1) is 9.20. The van der Waals surface area contributed by atoms with Crippen LogP contribution in [0.25, 0.3) is 0 Å². The molecular formula is C16H17AsO2. The summed E-state index contributed by atoms with van der Waals surface area (Å²) in [5.74, 6) is -0.715. The second kappa shape index (κ2) is 6.58. The molecule has 2 nitrogen and oxygen atoms in total. The first-order valence-corrected chi connectivity index (χ1v) is 8.60. The Morgan fingerprint density at radius 2 is 1.89 bits per heavy atom. The molecular weight excluding hydrogens is 299 g/mol. The van der Waals surface area contributed by atoms with Gasteiger partial charge in [0.2, 0.25) is 0 Å². The van der Waals surface area contributed by atoms with Crippen molar-refractivity contribution < 1.29 is 9.90 Å². The zero-order chi connectivity index (χ0) is 13.7. The summed E-state index contributed by atoms with van der Waals surface area (Å²) in [5, 5.41) is 9.45. The van der Waals surface area contributed by atoms with Gasteiger partial charge in [-0.3, -0.25) is 0 Å². The molecule has 0 fully saturated rings. The summed E-state index contributed by atoms with van der Waals surface area (Å²) < 4.78 is 0.851. The van der Waals surface area contributed by atoms with E-state index in [4.69, 9.17) is 0 Å². The van der Waals surface area contributed by atoms with Crippen LogP contribution in [0.5, 0.6) is 0 Å². The molecule has 0 spiro atoms. The second-order valence-electron chi connectivity index (χ2n) is 4.38. The van der Waals surface area contributed by atoms with E-state index in [0.29, 0.717) is 0 Å². The minimum atomic E-state index is -0.733. The predicted octanol–water partition coefficient (Wildman–Crippen LogP) is 2.14. The van der Waals surface area contributed by atoms with Crippen molar-refractivity contribution in [2.45, 2.75) is 18.1 Å². The van der Waals surface area contributed by atoms with Gasteiger partial charge in [0.15, 0.2) is 0 Å². The Bertz CT molecular complexity index is 552. The van der Waals surface area contributed by atoms with Crippen LogP contribution in [0.15, 0.2) is 54.6 Å². The predicted molar refractivity (Wildman–Crippen MR) is 79.4 cm³/mol. The van der Waals surface area contributed by atoms with E-state index in [-0.39, 0.29) is 4.71 Å². The second-order valence-corrected chi connectivity index (χ2v) is 7.41. The van der Waals surface area contributed by atoms with Crippen molar-refractivity contribution in [2.75, 3.05) is 0 Å². The van der Waals surface area contributed by atoms with Gasteiger partial charge in [-0.1, -0.05) is 0 Å². The van der Waals surface area contributed by atoms with Gasteiger partial charge in [-0.25, -0.2) is 0 Å². The number of benzene rings is 2. The summed E-state index contributed by atoms with van der Waals surface area (Å²) in [6.07, 6.45) is 0.989. The Morgan fingerprint density at radius 1 is 1.16 bits per heavy atom. The minimum absolute atomic E-state index is 0.353. The fourth-order valence-corrected chi connectivity index (χ4v) is 4.66. The van der Waals surface area contributed by atoms with Crippen LogP contribution in [-0.4, -0.2) is 26.8 Å². The molecule has 0 bridgehead atoms. The zero-order valence-electron chi connectivity index (χ0n) is 10.8. The summed E-state index contributed by atoms with van der Waals surface area (Å²) in [4.78, 5) is 11.5. The normalized spacial score (nSPS) is 12.7. The number of hydrogen-bond donors (Lipinski definition) is 1. The van der Waals surface area contributed by atoms with Crippen molar-refractivity contribution >= 4 is 26.1 Å². The summed E-state index contributed by atoms with van der Waals surface area (Å²) in [6.45, 7) is 2.12. The third-order valence-electron chi connectivity index (χ3n) is 3.03. The molecule has 2 rings (SSSR count). The monoisotopic (exact) mass is 316 g/mol. The molecule has 2 unspecified atom stereocenters. The summed E-state index contributed by atoms with van der Waals surface area (Å²) in [6, 6.07) is 17.9. The molecule has 2 atom stereocenters. The fourth-order valence-electron chi connectivity index (χ4n) is 1.98. The molecule has 0 amide bonds. The van der Waals surface area contributed by atoms with Crippen LogP contribution in [0.3, 0.4) is 0 Å². The Kier molecular flexibility index (Phi) is 4.81. The van der Waals surface area contributed by atoms with E-state index < -0.39 is 21.7 Å². The summed E-state index contributed by atoms with van der Waals surface area (Å²) >= 11 is -0.733. The quantitative estimate of drug-likeness (QED) is 0.858. The molecule has 0 aliphatic carbocycles. The van der Waals surface area contributed by atoms with Crippen LogP contribution in [0, 0.1) is 0 Å². The van der Waals surface area contributed by atoms with Gasteiger partial charge in [-0.15, -0.1) is 0 Å². The SMILES string of the molecule is CCc1cccc([AsH]C(C(=O)O)c2ccccc2)c1. The van der Waals surface area contributed by atoms with Crippen LogP contribution in [0.4, 0.5) is 0 Å². The van der Waals surface area contributed by atoms with Crippen molar-refractivity contribution in [1.82, 2.24) is 0 Å². The first kappa shape index (κ1) is 13.9. The molecule has 0 heterocycles. The van der Waals surface area contributed by atoms with Gasteiger partial charge >= 0.3 is 120 Å². The molecule has 2 aromatic carbocycles. The van der Waals surface area contributed by atoms with E-state index in [2.05, 4.69) is 25.1 Å². The number of rotatable bonds is 5. The standard InChI is InChI=1S/C16H17AsO2/c1-2-12-7-6-10-14(11-12)17-15(16(18)19)13-8-4-3-5-9-13/h3-11,15,17H,2H2,1H3,(H,18,19). The third kappa shape index (κ3) is 3.71. The van der Waals surface area contributed by atoms with Gasteiger partial charge in [0.1, 0.15) is 0 Å². The van der Waals surface area contributed by atoms with Gasteiger partial charge in [0.25, 0.3) is 0 Å². The number of aliphatic carboxylic acids is 1. The summed E-state index contributed by atoms with van der Waals surface area (Å²) in [5.41, 5.74) is 2.19. The van der Waals surface area contributed by atoms with Crippen molar-refractivity contribution in [2.24, 2.45) is 0 Å². The van der Waals surface area contributed by atoms with Crippen LogP contribution in [0.2, 0.25) is 0 Å². The van der Waals surface area contributed by atoms with Crippen molar-refractivity contribution in [3.05, 3.63) is 65.7 Å². The molecule has 1 N–H and O–H groups in total. The van der Waals surface area contributed by atoms with E-state index in [1.807, 2.05) is 36.4 Å². The van der Waals surface area contributed by atoms with Crippen LogP contribution >= 0.6 is 0 Å². The van der Waals surface area contributed by atoms with Gasteiger partial charge in [-0.2, -0.15) is 0 Å². The van der Waals surface area contributed by atoms with Gasteiger partial charge in [0, 0.05) is 0 Å². The van der Waals surface area contributed by atoms with Crippen molar-refractivity contribution in [1.29, 1.82) is 0 Å². The van der Waals surface area contributed by atoms with E-state index in [1.165, 1.54) is 9.91 Å². The molecule has 2 aromatic rings. The molecule has 0 aliphatic rings. The van der Waals surface area contributed by atoms with E-state index >= 15 is 0 Å². The molecule has 0 aliphatic heterocycles. The third-order valence-corrected chi connectivity index (χ3v) is 6.20. The molecule has 0 saturated carbocycles. The number of carboxylic acids is 1. The number of carboxylic acid groups (broad SMARTS) is 1. The van der Waals surface area contributed by atoms with E-state index in [0.717, 1.165) is 12.0 Å². The molecule has 0 aromatic heterocycles.